The van der Waals surface area contributed by atoms with Crippen molar-refractivity contribution in [2.24, 2.45) is 0 Å². The first-order chi connectivity index (χ1) is 12.8. The third kappa shape index (κ3) is 5.30. The zero-order valence-electron chi connectivity index (χ0n) is 14.2. The number of aromatic nitrogens is 2. The smallest absolute Gasteiger partial charge is 0.419 e. The third-order valence-electron chi connectivity index (χ3n) is 3.61. The van der Waals surface area contributed by atoms with Crippen LogP contribution in [0.2, 0.25) is 0 Å². The summed E-state index contributed by atoms with van der Waals surface area (Å²) in [5.74, 6) is 0.500. The van der Waals surface area contributed by atoms with Gasteiger partial charge in [-0.25, -0.2) is 0 Å². The fourth-order valence-electron chi connectivity index (χ4n) is 2.50. The molecular formula is C18H15BrF3N3O2. The molecule has 0 spiro atoms. The first-order valence-corrected chi connectivity index (χ1v) is 8.70. The van der Waals surface area contributed by atoms with Gasteiger partial charge >= 0.3 is 6.36 Å². The standard InChI is InChI=1S/C18H15BrF3N3O2/c1-25(10-12-6-2-5-9-15(12)27-18(20,21)22)11-16-23-24-17(26-16)13-7-3-4-8-14(13)19/h2-9H,10-11H2,1H3. The van der Waals surface area contributed by atoms with Crippen LogP contribution in [0.3, 0.4) is 0 Å². The van der Waals surface area contributed by atoms with Gasteiger partial charge in [0.1, 0.15) is 5.75 Å². The van der Waals surface area contributed by atoms with Crippen LogP contribution in [0.25, 0.3) is 11.5 Å². The van der Waals surface area contributed by atoms with Gasteiger partial charge in [-0.05, 0) is 41.2 Å². The maximum absolute atomic E-state index is 12.5. The lowest BCUT2D eigenvalue weighted by Crippen LogP contribution is -2.21. The maximum atomic E-state index is 12.5. The van der Waals surface area contributed by atoms with Crippen LogP contribution in [0.4, 0.5) is 13.2 Å². The van der Waals surface area contributed by atoms with Gasteiger partial charge in [-0.2, -0.15) is 0 Å². The molecule has 2 aromatic carbocycles. The molecule has 0 bridgehead atoms. The summed E-state index contributed by atoms with van der Waals surface area (Å²) in [6, 6.07) is 13.5. The summed E-state index contributed by atoms with van der Waals surface area (Å²) >= 11 is 3.43. The molecule has 0 aliphatic carbocycles. The summed E-state index contributed by atoms with van der Waals surface area (Å²) in [5.41, 5.74) is 1.17. The van der Waals surface area contributed by atoms with Crippen LogP contribution in [0.15, 0.2) is 57.4 Å². The lowest BCUT2D eigenvalue weighted by atomic mass is 10.2. The van der Waals surface area contributed by atoms with E-state index < -0.39 is 6.36 Å². The van der Waals surface area contributed by atoms with Gasteiger partial charge in [0, 0.05) is 16.6 Å². The number of hydrogen-bond donors (Lipinski definition) is 0. The Bertz CT molecular complexity index is 915. The Kier molecular flexibility index (Phi) is 5.81. The number of alkyl halides is 3. The Hall–Kier alpha value is -2.39. The van der Waals surface area contributed by atoms with Gasteiger partial charge in [-0.1, -0.05) is 30.3 Å². The number of rotatable bonds is 6. The monoisotopic (exact) mass is 441 g/mol. The van der Waals surface area contributed by atoms with Crippen LogP contribution in [-0.4, -0.2) is 28.5 Å². The van der Waals surface area contributed by atoms with Gasteiger partial charge in [0.15, 0.2) is 0 Å². The van der Waals surface area contributed by atoms with E-state index in [1.165, 1.54) is 12.1 Å². The minimum atomic E-state index is -4.74. The van der Waals surface area contributed by atoms with Crippen molar-refractivity contribution in [3.8, 4) is 17.2 Å². The number of halogens is 4. The van der Waals surface area contributed by atoms with Crippen LogP contribution in [0.1, 0.15) is 11.5 Å². The minimum absolute atomic E-state index is 0.221. The lowest BCUT2D eigenvalue weighted by Gasteiger charge is -2.18. The van der Waals surface area contributed by atoms with Crippen LogP contribution < -0.4 is 4.74 Å². The quantitative estimate of drug-likeness (QED) is 0.536. The molecule has 0 atom stereocenters. The average molecular weight is 442 g/mol. The molecule has 5 nitrogen and oxygen atoms in total. The highest BCUT2D eigenvalue weighted by Gasteiger charge is 2.32. The molecule has 0 amide bonds. The van der Waals surface area contributed by atoms with Gasteiger partial charge < -0.3 is 9.15 Å². The normalized spacial score (nSPS) is 11.8. The van der Waals surface area contributed by atoms with Crippen molar-refractivity contribution in [2.75, 3.05) is 7.05 Å². The van der Waals surface area contributed by atoms with Gasteiger partial charge in [-0.15, -0.1) is 23.4 Å². The van der Waals surface area contributed by atoms with E-state index in [9.17, 15) is 13.2 Å². The Labute approximate surface area is 161 Å². The van der Waals surface area contributed by atoms with Gasteiger partial charge in [0.25, 0.3) is 0 Å². The average Bonchev–Trinajstić information content (AvgIpc) is 3.04. The third-order valence-corrected chi connectivity index (χ3v) is 4.31. The van der Waals surface area contributed by atoms with E-state index in [-0.39, 0.29) is 18.8 Å². The van der Waals surface area contributed by atoms with E-state index in [1.807, 2.05) is 24.3 Å². The molecule has 1 aromatic heterocycles. The van der Waals surface area contributed by atoms with Crippen LogP contribution in [-0.2, 0) is 13.1 Å². The van der Waals surface area contributed by atoms with Crippen LogP contribution in [0.5, 0.6) is 5.75 Å². The topological polar surface area (TPSA) is 51.4 Å². The Balaban J connectivity index is 1.69. The molecule has 3 rings (SSSR count). The SMILES string of the molecule is CN(Cc1nnc(-c2ccccc2Br)o1)Cc1ccccc1OC(F)(F)F. The van der Waals surface area contributed by atoms with E-state index in [4.69, 9.17) is 4.42 Å². The second kappa shape index (κ2) is 8.10. The highest BCUT2D eigenvalue weighted by molar-refractivity contribution is 9.10. The minimum Gasteiger partial charge on any atom is -0.419 e. The lowest BCUT2D eigenvalue weighted by molar-refractivity contribution is -0.275. The largest absolute Gasteiger partial charge is 0.573 e. The number of nitrogens with zero attached hydrogens (tertiary/aromatic N) is 3. The second-order valence-corrected chi connectivity index (χ2v) is 6.66. The first kappa shape index (κ1) is 19.4. The molecular weight excluding hydrogens is 427 g/mol. The predicted octanol–water partition coefficient (Wildman–Crippen LogP) is 5.03. The summed E-state index contributed by atoms with van der Waals surface area (Å²) in [5, 5.41) is 8.03. The molecule has 9 heteroatoms. The Morgan fingerprint density at radius 2 is 1.74 bits per heavy atom. The number of hydrogen-bond acceptors (Lipinski definition) is 5. The fourth-order valence-corrected chi connectivity index (χ4v) is 2.95. The number of ether oxygens (including phenoxy) is 1. The van der Waals surface area contributed by atoms with E-state index in [2.05, 4.69) is 30.9 Å². The summed E-state index contributed by atoms with van der Waals surface area (Å²) in [7, 11) is 1.74. The molecule has 0 N–H and O–H groups in total. The van der Waals surface area contributed by atoms with Crippen molar-refractivity contribution in [1.82, 2.24) is 15.1 Å². The maximum Gasteiger partial charge on any atom is 0.573 e. The Morgan fingerprint density at radius 3 is 2.48 bits per heavy atom. The van der Waals surface area contributed by atoms with E-state index in [0.717, 1.165) is 10.0 Å². The molecule has 0 aliphatic heterocycles. The highest BCUT2D eigenvalue weighted by Crippen LogP contribution is 2.28. The number of para-hydroxylation sites is 1. The highest BCUT2D eigenvalue weighted by atomic mass is 79.9. The van der Waals surface area contributed by atoms with Crippen molar-refractivity contribution < 1.29 is 22.3 Å². The van der Waals surface area contributed by atoms with E-state index >= 15 is 0 Å². The Morgan fingerprint density at radius 1 is 1.04 bits per heavy atom. The predicted molar refractivity (Wildman–Crippen MR) is 95.7 cm³/mol. The number of benzene rings is 2. The van der Waals surface area contributed by atoms with E-state index in [0.29, 0.717) is 17.3 Å². The molecule has 142 valence electrons. The van der Waals surface area contributed by atoms with Gasteiger partial charge in [0.05, 0.1) is 12.1 Å². The molecule has 0 saturated heterocycles. The molecule has 0 saturated carbocycles. The first-order valence-electron chi connectivity index (χ1n) is 7.91. The zero-order valence-corrected chi connectivity index (χ0v) is 15.8. The van der Waals surface area contributed by atoms with Crippen molar-refractivity contribution in [3.05, 3.63) is 64.5 Å². The fraction of sp³-hybridized carbons (Fsp3) is 0.222. The van der Waals surface area contributed by atoms with Crippen molar-refractivity contribution in [2.45, 2.75) is 19.5 Å². The van der Waals surface area contributed by atoms with Crippen molar-refractivity contribution in [1.29, 1.82) is 0 Å². The summed E-state index contributed by atoms with van der Waals surface area (Å²) in [6.07, 6.45) is -4.74. The summed E-state index contributed by atoms with van der Waals surface area (Å²) < 4.78 is 48.2. The molecule has 0 radical (unpaired) electrons. The van der Waals surface area contributed by atoms with Gasteiger partial charge in [0.2, 0.25) is 11.8 Å². The van der Waals surface area contributed by atoms with Gasteiger partial charge in [-0.3, -0.25) is 4.90 Å². The van der Waals surface area contributed by atoms with Crippen molar-refractivity contribution in [3.63, 3.8) is 0 Å². The zero-order chi connectivity index (χ0) is 19.4. The molecule has 0 aliphatic rings. The second-order valence-electron chi connectivity index (χ2n) is 5.81. The summed E-state index contributed by atoms with van der Waals surface area (Å²) in [6.45, 7) is 0.497. The molecule has 0 unspecified atom stereocenters. The van der Waals surface area contributed by atoms with Crippen LogP contribution >= 0.6 is 15.9 Å². The van der Waals surface area contributed by atoms with E-state index in [1.54, 1.807) is 24.1 Å². The van der Waals surface area contributed by atoms with Crippen molar-refractivity contribution >= 4 is 15.9 Å². The summed E-state index contributed by atoms with van der Waals surface area (Å²) in [4.78, 5) is 1.76. The molecule has 1 heterocycles. The van der Waals surface area contributed by atoms with Crippen LogP contribution in [0, 0.1) is 0 Å². The molecule has 0 fully saturated rings. The molecule has 27 heavy (non-hydrogen) atoms. The molecule has 3 aromatic rings.